The molecule has 0 amide bonds. The Morgan fingerprint density at radius 2 is 1.83 bits per heavy atom. The molecule has 0 fully saturated rings. The van der Waals surface area contributed by atoms with Gasteiger partial charge in [-0.05, 0) is 18.3 Å². The summed E-state index contributed by atoms with van der Waals surface area (Å²) in [5.41, 5.74) is 10.7. The maximum absolute atomic E-state index is 8.94. The Morgan fingerprint density at radius 1 is 1.33 bits per heavy atom. The molecule has 0 aromatic rings. The van der Waals surface area contributed by atoms with Crippen LogP contribution in [0.25, 0.3) is 0 Å². The van der Waals surface area contributed by atoms with E-state index in [1.807, 2.05) is 13.8 Å². The lowest BCUT2D eigenvalue weighted by molar-refractivity contribution is 0.113. The maximum Gasteiger partial charge on any atom is 0.117 e. The van der Waals surface area contributed by atoms with Crippen LogP contribution in [0.4, 0.5) is 0 Å². The molecule has 0 heterocycles. The van der Waals surface area contributed by atoms with Crippen LogP contribution in [-0.4, -0.2) is 29.1 Å². The zero-order valence-electron chi connectivity index (χ0n) is 7.83. The van der Waals surface area contributed by atoms with E-state index in [2.05, 4.69) is 0 Å². The SMILES string of the molecule is CC(C)(CCO)CC(N)C(N)O. The van der Waals surface area contributed by atoms with E-state index in [0.717, 1.165) is 0 Å². The van der Waals surface area contributed by atoms with Crippen molar-refractivity contribution in [3.05, 3.63) is 0 Å². The molecule has 2 unspecified atom stereocenters. The Bertz CT molecular complexity index is 126. The second-order valence-electron chi connectivity index (χ2n) is 4.00. The molecule has 4 nitrogen and oxygen atoms in total. The summed E-state index contributed by atoms with van der Waals surface area (Å²) in [6.07, 6.45) is 0.321. The molecule has 2 atom stereocenters. The van der Waals surface area contributed by atoms with Crippen LogP contribution in [0.3, 0.4) is 0 Å². The van der Waals surface area contributed by atoms with Crippen molar-refractivity contribution in [2.75, 3.05) is 6.61 Å². The van der Waals surface area contributed by atoms with Gasteiger partial charge in [-0.2, -0.15) is 0 Å². The van der Waals surface area contributed by atoms with Gasteiger partial charge in [-0.1, -0.05) is 13.8 Å². The van der Waals surface area contributed by atoms with Gasteiger partial charge in [0.25, 0.3) is 0 Å². The molecule has 0 spiro atoms. The minimum Gasteiger partial charge on any atom is -0.396 e. The van der Waals surface area contributed by atoms with Gasteiger partial charge >= 0.3 is 0 Å². The lowest BCUT2D eigenvalue weighted by Gasteiger charge is -2.28. The summed E-state index contributed by atoms with van der Waals surface area (Å²) in [7, 11) is 0. The van der Waals surface area contributed by atoms with Crippen molar-refractivity contribution >= 4 is 0 Å². The van der Waals surface area contributed by atoms with Crippen LogP contribution in [0.5, 0.6) is 0 Å². The van der Waals surface area contributed by atoms with E-state index >= 15 is 0 Å². The summed E-state index contributed by atoms with van der Waals surface area (Å²) >= 11 is 0. The van der Waals surface area contributed by atoms with E-state index in [4.69, 9.17) is 21.7 Å². The van der Waals surface area contributed by atoms with E-state index in [9.17, 15) is 0 Å². The molecule has 0 aliphatic heterocycles. The normalized spacial score (nSPS) is 17.5. The predicted molar refractivity (Wildman–Crippen MR) is 48.3 cm³/mol. The van der Waals surface area contributed by atoms with Crippen LogP contribution < -0.4 is 11.5 Å². The smallest absolute Gasteiger partial charge is 0.117 e. The highest BCUT2D eigenvalue weighted by Gasteiger charge is 2.23. The van der Waals surface area contributed by atoms with Gasteiger partial charge in [0.2, 0.25) is 0 Å². The number of nitrogens with two attached hydrogens (primary N) is 2. The second-order valence-corrected chi connectivity index (χ2v) is 4.00. The minimum atomic E-state index is -0.969. The van der Waals surface area contributed by atoms with Crippen molar-refractivity contribution in [2.45, 2.75) is 39.0 Å². The van der Waals surface area contributed by atoms with Gasteiger partial charge in [0.1, 0.15) is 6.23 Å². The standard InChI is InChI=1S/C8H20N2O2/c1-8(2,3-4-11)5-6(9)7(10)12/h6-7,11-12H,3-5,9-10H2,1-2H3. The fraction of sp³-hybridized carbons (Fsp3) is 1.00. The summed E-state index contributed by atoms with van der Waals surface area (Å²) in [6.45, 7) is 4.12. The third kappa shape index (κ3) is 4.66. The first kappa shape index (κ1) is 11.8. The molecule has 4 heteroatoms. The third-order valence-electron chi connectivity index (χ3n) is 2.02. The van der Waals surface area contributed by atoms with Gasteiger partial charge in [0.15, 0.2) is 0 Å². The highest BCUT2D eigenvalue weighted by molar-refractivity contribution is 4.77. The molecular weight excluding hydrogens is 156 g/mol. The summed E-state index contributed by atoms with van der Waals surface area (Å²) in [6, 6.07) is -0.411. The first-order valence-corrected chi connectivity index (χ1v) is 4.19. The van der Waals surface area contributed by atoms with Crippen molar-refractivity contribution in [1.29, 1.82) is 0 Å². The predicted octanol–water partition coefficient (Wildman–Crippen LogP) is -0.610. The van der Waals surface area contributed by atoms with Crippen LogP contribution in [0.15, 0.2) is 0 Å². The van der Waals surface area contributed by atoms with E-state index in [1.165, 1.54) is 0 Å². The van der Waals surface area contributed by atoms with E-state index in [-0.39, 0.29) is 12.0 Å². The van der Waals surface area contributed by atoms with Crippen LogP contribution in [0.2, 0.25) is 0 Å². The van der Waals surface area contributed by atoms with E-state index in [1.54, 1.807) is 0 Å². The Morgan fingerprint density at radius 3 is 2.17 bits per heavy atom. The molecule has 0 aliphatic rings. The maximum atomic E-state index is 8.94. The second kappa shape index (κ2) is 4.77. The van der Waals surface area contributed by atoms with Crippen molar-refractivity contribution in [3.63, 3.8) is 0 Å². The van der Waals surface area contributed by atoms with Crippen LogP contribution in [0.1, 0.15) is 26.7 Å². The Labute approximate surface area is 73.6 Å². The molecule has 0 radical (unpaired) electrons. The molecule has 0 aromatic heterocycles. The van der Waals surface area contributed by atoms with Crippen molar-refractivity contribution in [1.82, 2.24) is 0 Å². The quantitative estimate of drug-likeness (QED) is 0.420. The van der Waals surface area contributed by atoms with E-state index < -0.39 is 12.3 Å². The zero-order chi connectivity index (χ0) is 9.78. The van der Waals surface area contributed by atoms with Gasteiger partial charge in [0, 0.05) is 12.6 Å². The zero-order valence-corrected chi connectivity index (χ0v) is 7.83. The van der Waals surface area contributed by atoms with Gasteiger partial charge in [-0.3, -0.25) is 0 Å². The fourth-order valence-electron chi connectivity index (χ4n) is 1.16. The Hall–Kier alpha value is -0.160. The number of aliphatic hydroxyl groups excluding tert-OH is 2. The number of aliphatic hydroxyl groups is 2. The van der Waals surface area contributed by atoms with Crippen LogP contribution >= 0.6 is 0 Å². The van der Waals surface area contributed by atoms with Gasteiger partial charge < -0.3 is 21.7 Å². The minimum absolute atomic E-state index is 0.0610. The largest absolute Gasteiger partial charge is 0.396 e. The van der Waals surface area contributed by atoms with Crippen LogP contribution in [0, 0.1) is 5.41 Å². The number of hydrogen-bond acceptors (Lipinski definition) is 4. The fourth-order valence-corrected chi connectivity index (χ4v) is 1.16. The molecule has 74 valence electrons. The Kier molecular flexibility index (Phi) is 4.70. The van der Waals surface area contributed by atoms with Crippen molar-refractivity contribution in [2.24, 2.45) is 16.9 Å². The highest BCUT2D eigenvalue weighted by atomic mass is 16.3. The van der Waals surface area contributed by atoms with Gasteiger partial charge in [-0.15, -0.1) is 0 Å². The average molecular weight is 176 g/mol. The lowest BCUT2D eigenvalue weighted by Crippen LogP contribution is -2.43. The molecule has 6 N–H and O–H groups in total. The first-order valence-electron chi connectivity index (χ1n) is 4.19. The van der Waals surface area contributed by atoms with Gasteiger partial charge in [-0.25, -0.2) is 0 Å². The molecule has 12 heavy (non-hydrogen) atoms. The lowest BCUT2D eigenvalue weighted by atomic mass is 9.83. The highest BCUT2D eigenvalue weighted by Crippen LogP contribution is 2.25. The summed E-state index contributed by atoms with van der Waals surface area (Å²) in [4.78, 5) is 0. The van der Waals surface area contributed by atoms with Crippen molar-refractivity contribution in [3.8, 4) is 0 Å². The molecular formula is C8H20N2O2. The number of rotatable bonds is 5. The van der Waals surface area contributed by atoms with E-state index in [0.29, 0.717) is 12.8 Å². The first-order chi connectivity index (χ1) is 5.39. The summed E-state index contributed by atoms with van der Waals surface area (Å²) in [5, 5.41) is 17.7. The topological polar surface area (TPSA) is 92.5 Å². The summed E-state index contributed by atoms with van der Waals surface area (Å²) in [5.74, 6) is 0. The summed E-state index contributed by atoms with van der Waals surface area (Å²) < 4.78 is 0. The monoisotopic (exact) mass is 176 g/mol. The molecule has 0 saturated heterocycles. The van der Waals surface area contributed by atoms with Crippen LogP contribution in [-0.2, 0) is 0 Å². The van der Waals surface area contributed by atoms with Gasteiger partial charge in [0.05, 0.1) is 0 Å². The number of hydrogen-bond donors (Lipinski definition) is 4. The third-order valence-corrected chi connectivity index (χ3v) is 2.02. The van der Waals surface area contributed by atoms with Crippen molar-refractivity contribution < 1.29 is 10.2 Å². The Balaban J connectivity index is 3.87. The molecule has 0 rings (SSSR count). The molecule has 0 aromatic carbocycles. The molecule has 0 bridgehead atoms. The molecule has 0 saturated carbocycles. The average Bonchev–Trinajstić information content (AvgIpc) is 1.85. The molecule has 0 aliphatic carbocycles.